The number of nitrogens with zero attached hydrogens (tertiary/aromatic N) is 2. The summed E-state index contributed by atoms with van der Waals surface area (Å²) < 4.78 is 5.09. The second-order valence-corrected chi connectivity index (χ2v) is 5.41. The number of hydrogen-bond acceptors (Lipinski definition) is 5. The Balaban J connectivity index is 2.07. The molecule has 0 aliphatic carbocycles. The van der Waals surface area contributed by atoms with Crippen LogP contribution in [0.2, 0.25) is 5.02 Å². The predicted octanol–water partition coefficient (Wildman–Crippen LogP) is 2.42. The highest BCUT2D eigenvalue weighted by atomic mass is 35.5. The smallest absolute Gasteiger partial charge is 0.339 e. The number of likely N-dealkylation sites (tertiary alicyclic amines) is 1. The lowest BCUT2D eigenvalue weighted by Gasteiger charge is -2.20. The van der Waals surface area contributed by atoms with Gasteiger partial charge in [-0.05, 0) is 31.9 Å². The minimum absolute atomic E-state index is 0.0165. The number of hydrogen-bond donors (Lipinski definition) is 0. The number of nitro groups is 1. The van der Waals surface area contributed by atoms with Crippen molar-refractivity contribution in [2.75, 3.05) is 13.1 Å². The van der Waals surface area contributed by atoms with Crippen LogP contribution < -0.4 is 0 Å². The van der Waals surface area contributed by atoms with E-state index in [-0.39, 0.29) is 22.2 Å². The van der Waals surface area contributed by atoms with Crippen molar-refractivity contribution in [1.82, 2.24) is 4.90 Å². The minimum Gasteiger partial charge on any atom is -0.449 e. The molecule has 2 rings (SSSR count). The Morgan fingerprint density at radius 2 is 2.00 bits per heavy atom. The molecular formula is C14H15ClN2O5. The van der Waals surface area contributed by atoms with Crippen LogP contribution in [0.1, 0.15) is 30.1 Å². The Morgan fingerprint density at radius 3 is 2.59 bits per heavy atom. The van der Waals surface area contributed by atoms with Crippen molar-refractivity contribution in [1.29, 1.82) is 0 Å². The number of ether oxygens (including phenoxy) is 1. The second-order valence-electron chi connectivity index (χ2n) is 5.00. The van der Waals surface area contributed by atoms with E-state index in [4.69, 9.17) is 16.3 Å². The SMILES string of the molecule is C[C@@H](OC(=O)c1ccc(Cl)c([N+](=O)[O-])c1)C(=O)N1CCCC1. The van der Waals surface area contributed by atoms with E-state index in [9.17, 15) is 19.7 Å². The number of amides is 1. The van der Waals surface area contributed by atoms with Crippen LogP contribution in [0, 0.1) is 10.1 Å². The molecule has 0 N–H and O–H groups in total. The molecule has 1 amide bonds. The number of rotatable bonds is 4. The summed E-state index contributed by atoms with van der Waals surface area (Å²) in [5.74, 6) is -1.05. The fourth-order valence-electron chi connectivity index (χ4n) is 2.25. The molecule has 1 heterocycles. The summed E-state index contributed by atoms with van der Waals surface area (Å²) in [6.07, 6.45) is 0.950. The van der Waals surface area contributed by atoms with Gasteiger partial charge in [0, 0.05) is 19.2 Å². The molecule has 7 nitrogen and oxygen atoms in total. The Morgan fingerprint density at radius 1 is 1.36 bits per heavy atom. The molecule has 0 radical (unpaired) electrons. The number of halogens is 1. The monoisotopic (exact) mass is 326 g/mol. The standard InChI is InChI=1S/C14H15ClN2O5/c1-9(13(18)16-6-2-3-7-16)22-14(19)10-4-5-11(15)12(8-10)17(20)21/h4-5,8-9H,2-3,6-7H2,1H3/t9-/m1/s1. The molecule has 1 aromatic rings. The quantitative estimate of drug-likeness (QED) is 0.481. The van der Waals surface area contributed by atoms with Gasteiger partial charge < -0.3 is 9.64 Å². The molecule has 0 saturated carbocycles. The summed E-state index contributed by atoms with van der Waals surface area (Å²) in [5.41, 5.74) is -0.396. The zero-order chi connectivity index (χ0) is 16.3. The largest absolute Gasteiger partial charge is 0.449 e. The van der Waals surface area contributed by atoms with Crippen LogP contribution >= 0.6 is 11.6 Å². The van der Waals surface area contributed by atoms with Crippen LogP contribution in [-0.2, 0) is 9.53 Å². The van der Waals surface area contributed by atoms with Crippen molar-refractivity contribution in [3.63, 3.8) is 0 Å². The molecule has 1 saturated heterocycles. The Bertz CT molecular complexity index is 613. The van der Waals surface area contributed by atoms with Crippen LogP contribution in [0.15, 0.2) is 18.2 Å². The summed E-state index contributed by atoms with van der Waals surface area (Å²) in [7, 11) is 0. The van der Waals surface area contributed by atoms with Crippen molar-refractivity contribution >= 4 is 29.2 Å². The van der Waals surface area contributed by atoms with Gasteiger partial charge in [0.05, 0.1) is 10.5 Å². The van der Waals surface area contributed by atoms with Gasteiger partial charge in [-0.3, -0.25) is 14.9 Å². The van der Waals surface area contributed by atoms with Crippen molar-refractivity contribution < 1.29 is 19.2 Å². The van der Waals surface area contributed by atoms with E-state index in [1.165, 1.54) is 19.1 Å². The summed E-state index contributed by atoms with van der Waals surface area (Å²) >= 11 is 5.68. The number of nitro benzene ring substituents is 1. The average molecular weight is 327 g/mol. The third-order valence-electron chi connectivity index (χ3n) is 3.43. The molecule has 8 heteroatoms. The van der Waals surface area contributed by atoms with Gasteiger partial charge in [-0.25, -0.2) is 4.79 Å². The zero-order valence-electron chi connectivity index (χ0n) is 12.0. The van der Waals surface area contributed by atoms with Gasteiger partial charge in [-0.15, -0.1) is 0 Å². The highest BCUT2D eigenvalue weighted by molar-refractivity contribution is 6.32. The first-order chi connectivity index (χ1) is 10.4. The first kappa shape index (κ1) is 16.2. The van der Waals surface area contributed by atoms with E-state index >= 15 is 0 Å². The maximum absolute atomic E-state index is 12.1. The summed E-state index contributed by atoms with van der Waals surface area (Å²) in [4.78, 5) is 35.8. The molecule has 0 spiro atoms. The molecule has 1 aliphatic rings. The molecule has 0 aromatic heterocycles. The van der Waals surface area contributed by atoms with Gasteiger partial charge in [0.1, 0.15) is 5.02 Å². The molecule has 0 bridgehead atoms. The van der Waals surface area contributed by atoms with Gasteiger partial charge in [0.2, 0.25) is 0 Å². The lowest BCUT2D eigenvalue weighted by molar-refractivity contribution is -0.384. The van der Waals surface area contributed by atoms with Crippen LogP contribution in [0.3, 0.4) is 0 Å². The van der Waals surface area contributed by atoms with Crippen molar-refractivity contribution in [3.8, 4) is 0 Å². The maximum Gasteiger partial charge on any atom is 0.339 e. The van der Waals surface area contributed by atoms with E-state index in [0.717, 1.165) is 18.9 Å². The van der Waals surface area contributed by atoms with Crippen LogP contribution in [0.4, 0.5) is 5.69 Å². The predicted molar refractivity (Wildman–Crippen MR) is 78.8 cm³/mol. The highest BCUT2D eigenvalue weighted by Gasteiger charge is 2.27. The fourth-order valence-corrected chi connectivity index (χ4v) is 2.44. The van der Waals surface area contributed by atoms with E-state index < -0.39 is 17.0 Å². The van der Waals surface area contributed by atoms with Crippen molar-refractivity contribution in [2.24, 2.45) is 0 Å². The zero-order valence-corrected chi connectivity index (χ0v) is 12.7. The van der Waals surface area contributed by atoms with Gasteiger partial charge >= 0.3 is 5.97 Å². The van der Waals surface area contributed by atoms with Crippen LogP contribution in [0.25, 0.3) is 0 Å². The van der Waals surface area contributed by atoms with Gasteiger partial charge in [-0.2, -0.15) is 0 Å². The summed E-state index contributed by atoms with van der Waals surface area (Å²) in [6.45, 7) is 2.81. The van der Waals surface area contributed by atoms with E-state index in [1.807, 2.05) is 0 Å². The Labute approximate surface area is 131 Å². The molecule has 1 fully saturated rings. The Kier molecular flexibility index (Phi) is 4.97. The lowest BCUT2D eigenvalue weighted by atomic mass is 10.2. The van der Waals surface area contributed by atoms with E-state index in [0.29, 0.717) is 13.1 Å². The molecule has 1 atom stereocenters. The molecule has 118 valence electrons. The van der Waals surface area contributed by atoms with Crippen molar-refractivity contribution in [3.05, 3.63) is 38.9 Å². The summed E-state index contributed by atoms with van der Waals surface area (Å²) in [6, 6.07) is 3.62. The van der Waals surface area contributed by atoms with E-state index in [2.05, 4.69) is 0 Å². The minimum atomic E-state index is -0.930. The van der Waals surface area contributed by atoms with Gasteiger partial charge in [0.25, 0.3) is 11.6 Å². The maximum atomic E-state index is 12.1. The number of benzene rings is 1. The first-order valence-electron chi connectivity index (χ1n) is 6.84. The first-order valence-corrected chi connectivity index (χ1v) is 7.21. The van der Waals surface area contributed by atoms with Crippen LogP contribution in [0.5, 0.6) is 0 Å². The molecule has 1 aliphatic heterocycles. The van der Waals surface area contributed by atoms with E-state index in [1.54, 1.807) is 4.90 Å². The number of carbonyl (C=O) groups is 2. The normalized spacial score (nSPS) is 15.5. The molecular weight excluding hydrogens is 312 g/mol. The second kappa shape index (κ2) is 6.74. The topological polar surface area (TPSA) is 89.7 Å². The molecule has 0 unspecified atom stereocenters. The average Bonchev–Trinajstić information content (AvgIpc) is 3.00. The number of carbonyl (C=O) groups excluding carboxylic acids is 2. The third kappa shape index (κ3) is 3.54. The molecule has 1 aromatic carbocycles. The third-order valence-corrected chi connectivity index (χ3v) is 3.75. The molecule has 22 heavy (non-hydrogen) atoms. The van der Waals surface area contributed by atoms with Crippen LogP contribution in [-0.4, -0.2) is 40.9 Å². The van der Waals surface area contributed by atoms with Gasteiger partial charge in [-0.1, -0.05) is 11.6 Å². The summed E-state index contributed by atoms with van der Waals surface area (Å²) in [5, 5.41) is 10.7. The number of esters is 1. The Hall–Kier alpha value is -2.15. The lowest BCUT2D eigenvalue weighted by Crippen LogP contribution is -2.38. The highest BCUT2D eigenvalue weighted by Crippen LogP contribution is 2.25. The fraction of sp³-hybridized carbons (Fsp3) is 0.429. The van der Waals surface area contributed by atoms with Crippen molar-refractivity contribution in [2.45, 2.75) is 25.9 Å². The van der Waals surface area contributed by atoms with Gasteiger partial charge in [0.15, 0.2) is 6.10 Å².